The number of primary amides is 1. The van der Waals surface area contributed by atoms with Crippen LogP contribution < -0.4 is 11.1 Å². The number of fused-ring (bicyclic) bond motifs is 3. The number of nitrogens with one attached hydrogen (secondary N) is 1. The SMILES string of the molecule is CN(C)C1C(O)C(C(N)=O)C(=O)[C@]2(O)C(=O)C3=C(O)c4c(O)ccc(CNCc5ccccc5)c4C[C@@H]3C[C@H]12. The van der Waals surface area contributed by atoms with Crippen LogP contribution in [0.3, 0.4) is 0 Å². The van der Waals surface area contributed by atoms with Crippen LogP contribution in [-0.4, -0.2) is 74.6 Å². The minimum absolute atomic E-state index is 0.0880. The minimum atomic E-state index is -2.66. The lowest BCUT2D eigenvalue weighted by molar-refractivity contribution is -0.184. The number of nitrogens with zero attached hydrogens (tertiary/aromatic N) is 1. The summed E-state index contributed by atoms with van der Waals surface area (Å²) in [4.78, 5) is 41.0. The third kappa shape index (κ3) is 4.15. The largest absolute Gasteiger partial charge is 0.507 e. The van der Waals surface area contributed by atoms with Crippen molar-refractivity contribution in [2.45, 2.75) is 43.7 Å². The number of benzene rings is 2. The Labute approximate surface area is 225 Å². The Hall–Kier alpha value is -3.57. The third-order valence-corrected chi connectivity index (χ3v) is 8.56. The van der Waals surface area contributed by atoms with E-state index in [1.165, 1.54) is 6.07 Å². The number of phenols is 1. The number of hydrogen-bond donors (Lipinski definition) is 6. The van der Waals surface area contributed by atoms with Gasteiger partial charge in [-0.15, -0.1) is 0 Å². The first-order chi connectivity index (χ1) is 18.5. The van der Waals surface area contributed by atoms with E-state index in [4.69, 9.17) is 5.73 Å². The number of aliphatic hydroxyl groups is 3. The fourth-order valence-corrected chi connectivity index (χ4v) is 6.77. The standard InChI is InChI=1S/C29H33N3O7/c1-32(2)23-18-11-16-10-17-15(13-31-12-14-6-4-3-5-7-14)8-9-19(33)21(17)24(34)20(16)26(36)29(18,39)27(37)22(25(23)35)28(30)38/h3-9,16,18,22-23,25,31,33-35,39H,10-13H2,1-2H3,(H2,30,38)/t16-,18-,22?,23?,25?,29-/m1/s1. The summed E-state index contributed by atoms with van der Waals surface area (Å²) < 4.78 is 0. The van der Waals surface area contributed by atoms with E-state index >= 15 is 0 Å². The molecular formula is C29H33N3O7. The van der Waals surface area contributed by atoms with Crippen LogP contribution in [0.2, 0.25) is 0 Å². The molecule has 10 nitrogen and oxygen atoms in total. The van der Waals surface area contributed by atoms with E-state index < -0.39 is 58.7 Å². The second-order valence-corrected chi connectivity index (χ2v) is 11.0. The number of Topliss-reactive ketones (excluding diaryl/α,β-unsaturated/α-hetero) is 2. The van der Waals surface area contributed by atoms with E-state index in [9.17, 15) is 34.8 Å². The molecule has 3 aliphatic rings. The number of nitrogens with two attached hydrogens (primary N) is 1. The molecule has 0 aliphatic heterocycles. The second kappa shape index (κ2) is 9.87. The van der Waals surface area contributed by atoms with E-state index in [-0.39, 0.29) is 29.7 Å². The number of carbonyl (C=O) groups excluding carboxylic acids is 3. The van der Waals surface area contributed by atoms with Crippen molar-refractivity contribution < 1.29 is 34.8 Å². The fourth-order valence-electron chi connectivity index (χ4n) is 6.77. The molecule has 0 spiro atoms. The number of amides is 1. The molecule has 0 heterocycles. The molecule has 2 saturated carbocycles. The van der Waals surface area contributed by atoms with Gasteiger partial charge in [0.05, 0.1) is 11.7 Å². The lowest BCUT2D eigenvalue weighted by atomic mass is 9.54. The van der Waals surface area contributed by atoms with Gasteiger partial charge in [-0.2, -0.15) is 0 Å². The molecule has 2 aromatic rings. The Bertz CT molecular complexity index is 1370. The quantitative estimate of drug-likeness (QED) is 0.287. The number of rotatable bonds is 6. The normalized spacial score (nSPS) is 30.1. The molecule has 2 fully saturated rings. The molecule has 1 amide bonds. The van der Waals surface area contributed by atoms with Crippen LogP contribution in [0.25, 0.3) is 5.76 Å². The molecule has 3 unspecified atom stereocenters. The highest BCUT2D eigenvalue weighted by Gasteiger charge is 2.67. The van der Waals surface area contributed by atoms with E-state index in [0.717, 1.165) is 11.1 Å². The highest BCUT2D eigenvalue weighted by Crippen LogP contribution is 2.52. The zero-order valence-corrected chi connectivity index (χ0v) is 21.8. The van der Waals surface area contributed by atoms with Crippen molar-refractivity contribution in [3.8, 4) is 5.75 Å². The first kappa shape index (κ1) is 27.0. The first-order valence-electron chi connectivity index (χ1n) is 13.0. The van der Waals surface area contributed by atoms with Gasteiger partial charge in [0.2, 0.25) is 11.7 Å². The van der Waals surface area contributed by atoms with Crippen molar-refractivity contribution in [1.82, 2.24) is 10.2 Å². The predicted octanol–water partition coefficient (Wildman–Crippen LogP) is 0.419. The predicted molar refractivity (Wildman–Crippen MR) is 141 cm³/mol. The summed E-state index contributed by atoms with van der Waals surface area (Å²) in [5, 5.41) is 48.0. The second-order valence-electron chi connectivity index (χ2n) is 11.0. The van der Waals surface area contributed by atoms with Crippen molar-refractivity contribution >= 4 is 23.2 Å². The molecule has 206 valence electrons. The van der Waals surface area contributed by atoms with Crippen molar-refractivity contribution in [2.75, 3.05) is 14.1 Å². The van der Waals surface area contributed by atoms with Gasteiger partial charge in [-0.3, -0.25) is 14.4 Å². The van der Waals surface area contributed by atoms with E-state index in [1.807, 2.05) is 30.3 Å². The average Bonchev–Trinajstić information content (AvgIpc) is 2.87. The number of aromatic hydroxyl groups is 1. The van der Waals surface area contributed by atoms with Crippen molar-refractivity contribution in [2.24, 2.45) is 23.5 Å². The number of aliphatic hydroxyl groups excluding tert-OH is 2. The van der Waals surface area contributed by atoms with Crippen LogP contribution in [0.4, 0.5) is 0 Å². The molecule has 2 aromatic carbocycles. The summed E-state index contributed by atoms with van der Waals surface area (Å²) in [5.41, 5.74) is 5.28. The average molecular weight is 536 g/mol. The molecule has 0 aromatic heterocycles. The van der Waals surface area contributed by atoms with Crippen LogP contribution >= 0.6 is 0 Å². The third-order valence-electron chi connectivity index (χ3n) is 8.56. The minimum Gasteiger partial charge on any atom is -0.507 e. The summed E-state index contributed by atoms with van der Waals surface area (Å²) >= 11 is 0. The Kier molecular flexibility index (Phi) is 6.84. The topological polar surface area (TPSA) is 173 Å². The van der Waals surface area contributed by atoms with E-state index in [1.54, 1.807) is 25.1 Å². The van der Waals surface area contributed by atoms with E-state index in [0.29, 0.717) is 18.7 Å². The molecule has 39 heavy (non-hydrogen) atoms. The summed E-state index contributed by atoms with van der Waals surface area (Å²) in [6.07, 6.45) is -1.15. The van der Waals surface area contributed by atoms with Gasteiger partial charge < -0.3 is 36.4 Å². The van der Waals surface area contributed by atoms with Gasteiger partial charge in [0, 0.05) is 30.6 Å². The van der Waals surface area contributed by atoms with Crippen LogP contribution in [0.5, 0.6) is 5.75 Å². The van der Waals surface area contributed by atoms with Crippen molar-refractivity contribution in [3.05, 3.63) is 70.3 Å². The number of hydrogen-bond acceptors (Lipinski definition) is 9. The first-order valence-corrected chi connectivity index (χ1v) is 13.0. The lowest BCUT2D eigenvalue weighted by Crippen LogP contribution is -2.73. The van der Waals surface area contributed by atoms with Gasteiger partial charge in [0.25, 0.3) is 0 Å². The number of likely N-dealkylation sites (N-methyl/N-ethyl adjacent to an activating group) is 1. The van der Waals surface area contributed by atoms with Gasteiger partial charge in [0.15, 0.2) is 11.4 Å². The monoisotopic (exact) mass is 535 g/mol. The molecule has 5 rings (SSSR count). The molecule has 7 N–H and O–H groups in total. The summed E-state index contributed by atoms with van der Waals surface area (Å²) in [7, 11) is 3.25. The Morgan fingerprint density at radius 2 is 1.79 bits per heavy atom. The van der Waals surface area contributed by atoms with Gasteiger partial charge in [-0.05, 0) is 55.6 Å². The molecule has 0 saturated heterocycles. The maximum Gasteiger partial charge on any atom is 0.230 e. The Balaban J connectivity index is 1.55. The molecule has 0 radical (unpaired) electrons. The van der Waals surface area contributed by atoms with Crippen LogP contribution in [0.1, 0.15) is 28.7 Å². The number of carbonyl (C=O) groups is 3. The zero-order valence-electron chi connectivity index (χ0n) is 21.8. The van der Waals surface area contributed by atoms with Crippen molar-refractivity contribution in [1.29, 1.82) is 0 Å². The zero-order chi connectivity index (χ0) is 28.2. The van der Waals surface area contributed by atoms with Crippen LogP contribution in [0.15, 0.2) is 48.0 Å². The van der Waals surface area contributed by atoms with Gasteiger partial charge in [0.1, 0.15) is 17.4 Å². The maximum absolute atomic E-state index is 13.9. The van der Waals surface area contributed by atoms with Gasteiger partial charge >= 0.3 is 0 Å². The molecular weight excluding hydrogens is 502 g/mol. The highest BCUT2D eigenvalue weighted by molar-refractivity contribution is 6.25. The molecule has 6 atom stereocenters. The van der Waals surface area contributed by atoms with E-state index in [2.05, 4.69) is 5.32 Å². The van der Waals surface area contributed by atoms with Crippen LogP contribution in [0, 0.1) is 17.8 Å². The Morgan fingerprint density at radius 3 is 2.44 bits per heavy atom. The number of ketones is 2. The highest BCUT2D eigenvalue weighted by atomic mass is 16.3. The maximum atomic E-state index is 13.9. The smallest absolute Gasteiger partial charge is 0.230 e. The molecule has 0 bridgehead atoms. The summed E-state index contributed by atoms with van der Waals surface area (Å²) in [6.45, 7) is 1.04. The van der Waals surface area contributed by atoms with Gasteiger partial charge in [-0.25, -0.2) is 0 Å². The number of phenolic OH excluding ortho intramolecular Hbond substituents is 1. The fraction of sp³-hybridized carbons (Fsp3) is 0.414. The van der Waals surface area contributed by atoms with Gasteiger partial charge in [-0.1, -0.05) is 36.4 Å². The molecule has 10 heteroatoms. The summed E-state index contributed by atoms with van der Waals surface area (Å²) in [6, 6.07) is 12.1. The Morgan fingerprint density at radius 1 is 1.10 bits per heavy atom. The molecule has 3 aliphatic carbocycles. The van der Waals surface area contributed by atoms with Crippen LogP contribution in [-0.2, 0) is 33.9 Å². The summed E-state index contributed by atoms with van der Waals surface area (Å²) in [5.74, 6) is -7.45. The van der Waals surface area contributed by atoms with Crippen molar-refractivity contribution in [3.63, 3.8) is 0 Å². The lowest BCUT2D eigenvalue weighted by Gasteiger charge is -2.53.